The maximum Gasteiger partial charge on any atom is 0.295 e. The second kappa shape index (κ2) is 13.3. The van der Waals surface area contributed by atoms with Crippen LogP contribution in [0.4, 0.5) is 5.69 Å². The van der Waals surface area contributed by atoms with Gasteiger partial charge >= 0.3 is 0 Å². The largest absolute Gasteiger partial charge is 0.295 e. The molecular formula is C35H24INO6S. The molecule has 218 valence electrons. The molecule has 44 heavy (non-hydrogen) atoms. The zero-order valence-corrected chi connectivity index (χ0v) is 26.0. The quantitative estimate of drug-likeness (QED) is 0.0487. The van der Waals surface area contributed by atoms with Gasteiger partial charge in [-0.1, -0.05) is 97.1 Å². The molecular weight excluding hydrogens is 689 g/mol. The molecule has 7 aromatic rings. The third-order valence-electron chi connectivity index (χ3n) is 6.88. The Morgan fingerprint density at radius 3 is 1.64 bits per heavy atom. The topological polar surface area (TPSA) is 115 Å². The lowest BCUT2D eigenvalue weighted by atomic mass is 9.94. The Balaban J connectivity index is 0.000000145. The van der Waals surface area contributed by atoms with Gasteiger partial charge in [0.25, 0.3) is 15.8 Å². The van der Waals surface area contributed by atoms with Gasteiger partial charge in [0.05, 0.1) is 4.92 Å². The van der Waals surface area contributed by atoms with Crippen molar-refractivity contribution in [3.05, 3.63) is 164 Å². The lowest BCUT2D eigenvalue weighted by Crippen LogP contribution is -2.00. The Hall–Kier alpha value is -4.71. The first-order valence-corrected chi connectivity index (χ1v) is 15.8. The minimum atomic E-state index is -4.23. The molecule has 0 saturated carbocycles. The van der Waals surface area contributed by atoms with E-state index in [9.17, 15) is 27.9 Å². The van der Waals surface area contributed by atoms with Crippen LogP contribution in [0.5, 0.6) is 0 Å². The van der Waals surface area contributed by atoms with Crippen LogP contribution in [0.1, 0.15) is 15.9 Å². The normalized spacial score (nSPS) is 11.0. The van der Waals surface area contributed by atoms with E-state index >= 15 is 0 Å². The number of nitrogens with zero attached hydrogens (tertiary/aromatic N) is 1. The zero-order valence-electron chi connectivity index (χ0n) is 23.0. The number of hydrogen-bond acceptors (Lipinski definition) is 5. The van der Waals surface area contributed by atoms with Crippen LogP contribution in [0.25, 0.3) is 32.3 Å². The molecule has 0 amide bonds. The maximum atomic E-state index is 12.0. The molecule has 0 aliphatic heterocycles. The SMILES string of the molecule is Ic1ccccc1.O=C(c1ccccc1)c1ccc([N+](=O)[O-])cc1.O=S(=O)(O)c1ccc2ccc3cccc4ccc1c2c34. The van der Waals surface area contributed by atoms with Crippen molar-refractivity contribution in [2.45, 2.75) is 4.90 Å². The molecule has 7 rings (SSSR count). The number of rotatable bonds is 4. The first-order chi connectivity index (χ1) is 21.1. The van der Waals surface area contributed by atoms with Crippen molar-refractivity contribution in [3.8, 4) is 0 Å². The molecule has 0 spiro atoms. The smallest absolute Gasteiger partial charge is 0.289 e. The number of carbonyl (C=O) groups excluding carboxylic acids is 1. The van der Waals surface area contributed by atoms with E-state index in [-0.39, 0.29) is 16.4 Å². The van der Waals surface area contributed by atoms with Gasteiger partial charge in [0.2, 0.25) is 0 Å². The summed E-state index contributed by atoms with van der Waals surface area (Å²) in [4.78, 5) is 21.9. The number of nitro benzene ring substituents is 1. The lowest BCUT2D eigenvalue weighted by Gasteiger charge is -2.12. The summed E-state index contributed by atoms with van der Waals surface area (Å²) in [5.74, 6) is -0.138. The number of halogens is 1. The van der Waals surface area contributed by atoms with E-state index in [1.165, 1.54) is 33.9 Å². The number of ketones is 1. The molecule has 0 atom stereocenters. The van der Waals surface area contributed by atoms with Crippen LogP contribution in [-0.4, -0.2) is 23.7 Å². The zero-order chi connectivity index (χ0) is 31.3. The van der Waals surface area contributed by atoms with Gasteiger partial charge in [0, 0.05) is 32.2 Å². The molecule has 0 aliphatic rings. The summed E-state index contributed by atoms with van der Waals surface area (Å²) in [6, 6.07) is 41.4. The van der Waals surface area contributed by atoms with Crippen LogP contribution >= 0.6 is 22.6 Å². The predicted octanol–water partition coefficient (Wildman–Crippen LogP) is 8.95. The van der Waals surface area contributed by atoms with Gasteiger partial charge in [-0.15, -0.1) is 0 Å². The third-order valence-corrected chi connectivity index (χ3v) is 8.51. The van der Waals surface area contributed by atoms with Crippen molar-refractivity contribution in [1.82, 2.24) is 0 Å². The van der Waals surface area contributed by atoms with E-state index in [1.54, 1.807) is 36.4 Å². The molecule has 0 bridgehead atoms. The highest BCUT2D eigenvalue weighted by atomic mass is 127. The highest BCUT2D eigenvalue weighted by Gasteiger charge is 2.17. The van der Waals surface area contributed by atoms with Gasteiger partial charge in [-0.3, -0.25) is 19.5 Å². The predicted molar refractivity (Wildman–Crippen MR) is 182 cm³/mol. The standard InChI is InChI=1S/C16H10O3S.C13H9NO3.C6H5I/c17-20(18,19)14-9-7-12-5-4-10-2-1-3-11-6-8-13(14)16(12)15(10)11;15-13(10-4-2-1-3-5-10)11-6-8-12(9-7-11)14(16)17;7-6-4-2-1-3-5-6/h1-9H,(H,17,18,19);1-9H;1-5H. The minimum absolute atomic E-state index is 0.0189. The molecule has 0 radical (unpaired) electrons. The number of hydrogen-bond donors (Lipinski definition) is 1. The fourth-order valence-electron chi connectivity index (χ4n) is 4.84. The second-order valence-electron chi connectivity index (χ2n) is 9.69. The fraction of sp³-hybridized carbons (Fsp3) is 0. The average molecular weight is 714 g/mol. The van der Waals surface area contributed by atoms with Crippen molar-refractivity contribution in [2.24, 2.45) is 0 Å². The van der Waals surface area contributed by atoms with Crippen LogP contribution in [0.2, 0.25) is 0 Å². The molecule has 1 N–H and O–H groups in total. The van der Waals surface area contributed by atoms with E-state index < -0.39 is 15.0 Å². The summed E-state index contributed by atoms with van der Waals surface area (Å²) in [5, 5.41) is 16.1. The van der Waals surface area contributed by atoms with Crippen LogP contribution < -0.4 is 0 Å². The molecule has 7 aromatic carbocycles. The first-order valence-electron chi connectivity index (χ1n) is 13.3. The summed E-state index contributed by atoms with van der Waals surface area (Å²) in [6.07, 6.45) is 0. The minimum Gasteiger partial charge on any atom is -0.289 e. The van der Waals surface area contributed by atoms with Crippen molar-refractivity contribution < 1.29 is 22.7 Å². The summed E-state index contributed by atoms with van der Waals surface area (Å²) >= 11 is 2.28. The van der Waals surface area contributed by atoms with E-state index in [0.717, 1.165) is 26.9 Å². The Kier molecular flexibility index (Phi) is 9.29. The molecule has 0 aliphatic carbocycles. The molecule has 7 nitrogen and oxygen atoms in total. The van der Waals surface area contributed by atoms with Gasteiger partial charge < -0.3 is 0 Å². The van der Waals surface area contributed by atoms with E-state index in [0.29, 0.717) is 16.5 Å². The second-order valence-corrected chi connectivity index (χ2v) is 12.3. The number of nitro groups is 1. The first kappa shape index (κ1) is 30.7. The highest BCUT2D eigenvalue weighted by Crippen LogP contribution is 2.37. The molecule has 0 fully saturated rings. The molecule has 0 aromatic heterocycles. The molecule has 0 heterocycles. The van der Waals surface area contributed by atoms with Crippen LogP contribution in [0.15, 0.2) is 144 Å². The van der Waals surface area contributed by atoms with Crippen LogP contribution in [-0.2, 0) is 10.1 Å². The lowest BCUT2D eigenvalue weighted by molar-refractivity contribution is -0.384. The van der Waals surface area contributed by atoms with Gasteiger partial charge in [-0.05, 0) is 79.9 Å². The van der Waals surface area contributed by atoms with Gasteiger partial charge in [-0.2, -0.15) is 8.42 Å². The summed E-state index contributed by atoms with van der Waals surface area (Å²) < 4.78 is 33.8. The molecule has 9 heteroatoms. The Bertz CT molecular complexity index is 2170. The van der Waals surface area contributed by atoms with E-state index in [4.69, 9.17) is 0 Å². The van der Waals surface area contributed by atoms with Crippen molar-refractivity contribution in [1.29, 1.82) is 0 Å². The van der Waals surface area contributed by atoms with Crippen LogP contribution in [0.3, 0.4) is 0 Å². The Labute approximate surface area is 267 Å². The summed E-state index contributed by atoms with van der Waals surface area (Å²) in [6.45, 7) is 0. The summed E-state index contributed by atoms with van der Waals surface area (Å²) in [5.41, 5.74) is 0.998. The van der Waals surface area contributed by atoms with Gasteiger partial charge in [0.15, 0.2) is 5.78 Å². The number of non-ortho nitro benzene ring substituents is 1. The summed E-state index contributed by atoms with van der Waals surface area (Å²) in [7, 11) is -4.23. The maximum absolute atomic E-state index is 12.0. The monoisotopic (exact) mass is 713 g/mol. The molecule has 0 unspecified atom stereocenters. The van der Waals surface area contributed by atoms with E-state index in [2.05, 4.69) is 34.7 Å². The highest BCUT2D eigenvalue weighted by molar-refractivity contribution is 14.1. The van der Waals surface area contributed by atoms with Crippen molar-refractivity contribution in [3.63, 3.8) is 0 Å². The number of benzene rings is 7. The van der Waals surface area contributed by atoms with Crippen molar-refractivity contribution in [2.75, 3.05) is 0 Å². The Morgan fingerprint density at radius 2 is 1.11 bits per heavy atom. The van der Waals surface area contributed by atoms with Gasteiger partial charge in [-0.25, -0.2) is 0 Å². The van der Waals surface area contributed by atoms with Gasteiger partial charge in [0.1, 0.15) is 4.90 Å². The van der Waals surface area contributed by atoms with Crippen molar-refractivity contribution >= 4 is 76.5 Å². The number of carbonyl (C=O) groups is 1. The average Bonchev–Trinajstić information content (AvgIpc) is 3.04. The Morgan fingerprint density at radius 1 is 0.614 bits per heavy atom. The van der Waals surface area contributed by atoms with E-state index in [1.807, 2.05) is 60.7 Å². The fourth-order valence-corrected chi connectivity index (χ4v) is 5.94. The molecule has 0 saturated heterocycles. The third kappa shape index (κ3) is 6.91. The van der Waals surface area contributed by atoms with Crippen LogP contribution in [0, 0.1) is 13.7 Å².